The molecule has 3 rings (SSSR count). The summed E-state index contributed by atoms with van der Waals surface area (Å²) in [5.41, 5.74) is 2.31. The van der Waals surface area contributed by atoms with Crippen LogP contribution in [0.25, 0.3) is 5.69 Å². The van der Waals surface area contributed by atoms with Gasteiger partial charge in [-0.2, -0.15) is 0 Å². The van der Waals surface area contributed by atoms with Crippen LogP contribution in [-0.4, -0.2) is 15.0 Å². The maximum Gasteiger partial charge on any atom is 0.0802 e. The van der Waals surface area contributed by atoms with Crippen molar-refractivity contribution < 1.29 is 0 Å². The number of hydrogen-bond acceptors (Lipinski definition) is 3. The van der Waals surface area contributed by atoms with Crippen molar-refractivity contribution >= 4 is 11.8 Å². The van der Waals surface area contributed by atoms with Crippen LogP contribution in [0.3, 0.4) is 0 Å². The van der Waals surface area contributed by atoms with Gasteiger partial charge in [0.1, 0.15) is 0 Å². The minimum atomic E-state index is 0.962. The van der Waals surface area contributed by atoms with E-state index in [2.05, 4.69) is 22.4 Å². The number of thioether (sulfide) groups is 1. The second-order valence-corrected chi connectivity index (χ2v) is 3.91. The van der Waals surface area contributed by atoms with Crippen LogP contribution < -0.4 is 0 Å². The van der Waals surface area contributed by atoms with Crippen LogP contribution >= 0.6 is 11.8 Å². The van der Waals surface area contributed by atoms with Crippen molar-refractivity contribution in [2.45, 2.75) is 10.6 Å². The molecule has 0 fully saturated rings. The molecule has 0 unspecified atom stereocenters. The van der Waals surface area contributed by atoms with Crippen LogP contribution in [0.15, 0.2) is 35.4 Å². The Morgan fingerprint density at radius 2 is 2.23 bits per heavy atom. The minimum absolute atomic E-state index is 0.962. The summed E-state index contributed by atoms with van der Waals surface area (Å²) in [5.74, 6) is 0.962. The van der Waals surface area contributed by atoms with Gasteiger partial charge in [-0.15, -0.1) is 16.9 Å². The van der Waals surface area contributed by atoms with E-state index in [1.54, 1.807) is 0 Å². The van der Waals surface area contributed by atoms with Crippen molar-refractivity contribution in [1.82, 2.24) is 15.0 Å². The van der Waals surface area contributed by atoms with Crippen molar-refractivity contribution in [1.29, 1.82) is 0 Å². The van der Waals surface area contributed by atoms with E-state index in [-0.39, 0.29) is 0 Å². The quantitative estimate of drug-likeness (QED) is 0.634. The van der Waals surface area contributed by atoms with Crippen molar-refractivity contribution in [2.24, 2.45) is 0 Å². The third-order valence-electron chi connectivity index (χ3n) is 2.09. The molecule has 1 aromatic heterocycles. The fraction of sp³-hybridized carbons (Fsp3) is 0.111. The maximum atomic E-state index is 4.05. The van der Waals surface area contributed by atoms with Crippen LogP contribution in [-0.2, 0) is 5.75 Å². The molecular weight excluding hydrogens is 182 g/mol. The average molecular weight is 189 g/mol. The first kappa shape index (κ1) is 7.15. The molecule has 0 amide bonds. The zero-order chi connectivity index (χ0) is 8.67. The van der Waals surface area contributed by atoms with Crippen LogP contribution in [0, 0.1) is 0 Å². The average Bonchev–Trinajstić information content (AvgIpc) is 2.65. The molecule has 2 aromatic rings. The summed E-state index contributed by atoms with van der Waals surface area (Å²) in [6.07, 6.45) is 1.82. The van der Waals surface area contributed by atoms with Crippen molar-refractivity contribution in [2.75, 3.05) is 0 Å². The first-order valence-corrected chi connectivity index (χ1v) is 5.05. The number of para-hydroxylation sites is 1. The molecule has 0 radical (unpaired) electrons. The van der Waals surface area contributed by atoms with Gasteiger partial charge in [0, 0.05) is 10.6 Å². The second kappa shape index (κ2) is 2.60. The number of benzene rings is 1. The van der Waals surface area contributed by atoms with Gasteiger partial charge in [0.25, 0.3) is 0 Å². The summed E-state index contributed by atoms with van der Waals surface area (Å²) in [6, 6.07) is 8.26. The van der Waals surface area contributed by atoms with Crippen molar-refractivity contribution in [3.63, 3.8) is 0 Å². The highest BCUT2D eigenvalue weighted by Crippen LogP contribution is 2.33. The van der Waals surface area contributed by atoms with Gasteiger partial charge >= 0.3 is 0 Å². The van der Waals surface area contributed by atoms with Crippen LogP contribution in [0.5, 0.6) is 0 Å². The van der Waals surface area contributed by atoms with Gasteiger partial charge in [-0.3, -0.25) is 0 Å². The fourth-order valence-corrected chi connectivity index (χ4v) is 2.44. The van der Waals surface area contributed by atoms with Crippen LogP contribution in [0.2, 0.25) is 0 Å². The topological polar surface area (TPSA) is 30.7 Å². The van der Waals surface area contributed by atoms with E-state index in [0.717, 1.165) is 11.4 Å². The molecule has 0 saturated carbocycles. The Morgan fingerprint density at radius 3 is 3.23 bits per heavy atom. The van der Waals surface area contributed by atoms with Gasteiger partial charge in [-0.05, 0) is 12.1 Å². The number of nitrogens with zero attached hydrogens (tertiary/aromatic N) is 3. The molecule has 0 bridgehead atoms. The smallest absolute Gasteiger partial charge is 0.0802 e. The fourth-order valence-electron chi connectivity index (χ4n) is 1.46. The molecule has 0 aliphatic carbocycles. The van der Waals surface area contributed by atoms with Crippen LogP contribution in [0.1, 0.15) is 5.69 Å². The Balaban J connectivity index is 2.30. The van der Waals surface area contributed by atoms with Crippen molar-refractivity contribution in [3.8, 4) is 5.69 Å². The third kappa shape index (κ3) is 0.986. The molecule has 2 heterocycles. The molecule has 0 spiro atoms. The van der Waals surface area contributed by atoms with Gasteiger partial charge in [0.15, 0.2) is 0 Å². The highest BCUT2D eigenvalue weighted by Gasteiger charge is 2.15. The van der Waals surface area contributed by atoms with Gasteiger partial charge in [-0.1, -0.05) is 17.3 Å². The molecule has 3 nitrogen and oxygen atoms in total. The summed E-state index contributed by atoms with van der Waals surface area (Å²) in [5, 5.41) is 7.95. The first-order valence-electron chi connectivity index (χ1n) is 4.07. The number of fused-ring (bicyclic) bond motifs is 3. The Kier molecular flexibility index (Phi) is 1.43. The molecule has 1 aliphatic rings. The molecule has 13 heavy (non-hydrogen) atoms. The summed E-state index contributed by atoms with van der Waals surface area (Å²) in [6.45, 7) is 0. The maximum absolute atomic E-state index is 4.05. The molecule has 4 heteroatoms. The lowest BCUT2D eigenvalue weighted by Crippen LogP contribution is -2.06. The van der Waals surface area contributed by atoms with Gasteiger partial charge < -0.3 is 0 Å². The van der Waals surface area contributed by atoms with E-state index in [9.17, 15) is 0 Å². The highest BCUT2D eigenvalue weighted by molar-refractivity contribution is 7.98. The molecule has 1 aliphatic heterocycles. The lowest BCUT2D eigenvalue weighted by Gasteiger charge is -2.15. The normalized spacial score (nSPS) is 13.5. The predicted molar refractivity (Wildman–Crippen MR) is 50.9 cm³/mol. The largest absolute Gasteiger partial charge is 0.216 e. The number of rotatable bonds is 0. The SMILES string of the molecule is c1ccc2c(c1)SCc1cnnn1-2. The van der Waals surface area contributed by atoms with Gasteiger partial charge in [-0.25, -0.2) is 4.68 Å². The zero-order valence-electron chi connectivity index (χ0n) is 6.84. The van der Waals surface area contributed by atoms with E-state index in [1.807, 2.05) is 34.8 Å². The summed E-state index contributed by atoms with van der Waals surface area (Å²) >= 11 is 1.84. The molecule has 64 valence electrons. The summed E-state index contributed by atoms with van der Waals surface area (Å²) in [7, 11) is 0. The van der Waals surface area contributed by atoms with E-state index >= 15 is 0 Å². The molecular formula is C9H7N3S. The van der Waals surface area contributed by atoms with Gasteiger partial charge in [0.2, 0.25) is 0 Å². The third-order valence-corrected chi connectivity index (χ3v) is 3.19. The predicted octanol–water partition coefficient (Wildman–Crippen LogP) is 1.87. The highest BCUT2D eigenvalue weighted by atomic mass is 32.2. The minimum Gasteiger partial charge on any atom is -0.216 e. The standard InChI is InChI=1S/C9H7N3S/c1-2-4-9-8(3-1)12-7(6-13-9)5-10-11-12/h1-5H,6H2. The molecule has 0 N–H and O–H groups in total. The summed E-state index contributed by atoms with van der Waals surface area (Å²) < 4.78 is 1.91. The summed E-state index contributed by atoms with van der Waals surface area (Å²) in [4.78, 5) is 1.28. The van der Waals surface area contributed by atoms with Crippen molar-refractivity contribution in [3.05, 3.63) is 36.2 Å². The number of hydrogen-bond donors (Lipinski definition) is 0. The van der Waals surface area contributed by atoms with E-state index in [0.29, 0.717) is 0 Å². The lowest BCUT2D eigenvalue weighted by atomic mass is 10.3. The van der Waals surface area contributed by atoms with E-state index in [1.165, 1.54) is 10.6 Å². The van der Waals surface area contributed by atoms with E-state index in [4.69, 9.17) is 0 Å². The Hall–Kier alpha value is -1.29. The van der Waals surface area contributed by atoms with Crippen LogP contribution in [0.4, 0.5) is 0 Å². The van der Waals surface area contributed by atoms with E-state index < -0.39 is 0 Å². The molecule has 1 aromatic carbocycles. The Bertz CT molecular complexity index is 450. The first-order chi connectivity index (χ1) is 6.45. The Labute approximate surface area is 79.8 Å². The molecule has 0 saturated heterocycles. The number of aromatic nitrogens is 3. The Morgan fingerprint density at radius 1 is 1.31 bits per heavy atom. The molecule has 0 atom stereocenters. The lowest BCUT2D eigenvalue weighted by molar-refractivity contribution is 0.764. The zero-order valence-corrected chi connectivity index (χ0v) is 7.66. The van der Waals surface area contributed by atoms with Gasteiger partial charge in [0.05, 0.1) is 17.6 Å². The monoisotopic (exact) mass is 189 g/mol. The second-order valence-electron chi connectivity index (χ2n) is 2.89.